The zero-order valence-corrected chi connectivity index (χ0v) is 10.1. The summed E-state index contributed by atoms with van der Waals surface area (Å²) in [5.74, 6) is 0.890. The van der Waals surface area contributed by atoms with Gasteiger partial charge in [0.1, 0.15) is 5.82 Å². The van der Waals surface area contributed by atoms with Gasteiger partial charge in [-0.25, -0.2) is 4.98 Å². The SMILES string of the molecule is CCNc1cccc([C@@H](C)NC(=O)CC)n1. The van der Waals surface area contributed by atoms with Crippen molar-refractivity contribution in [2.75, 3.05) is 11.9 Å². The lowest BCUT2D eigenvalue weighted by atomic mass is 10.2. The Morgan fingerprint density at radius 3 is 2.81 bits per heavy atom. The van der Waals surface area contributed by atoms with Crippen molar-refractivity contribution < 1.29 is 4.79 Å². The van der Waals surface area contributed by atoms with E-state index in [4.69, 9.17) is 0 Å². The van der Waals surface area contributed by atoms with Crippen LogP contribution in [0.1, 0.15) is 38.9 Å². The van der Waals surface area contributed by atoms with Gasteiger partial charge >= 0.3 is 0 Å². The number of nitrogens with zero attached hydrogens (tertiary/aromatic N) is 1. The van der Waals surface area contributed by atoms with Gasteiger partial charge in [-0.2, -0.15) is 0 Å². The Bertz CT molecular complexity index is 352. The van der Waals surface area contributed by atoms with E-state index in [0.29, 0.717) is 6.42 Å². The number of pyridine rings is 1. The summed E-state index contributed by atoms with van der Waals surface area (Å²) >= 11 is 0. The molecule has 0 aromatic carbocycles. The Morgan fingerprint density at radius 1 is 1.44 bits per heavy atom. The average Bonchev–Trinajstić information content (AvgIpc) is 2.29. The van der Waals surface area contributed by atoms with Crippen molar-refractivity contribution in [2.24, 2.45) is 0 Å². The fraction of sp³-hybridized carbons (Fsp3) is 0.500. The molecule has 0 saturated carbocycles. The first kappa shape index (κ1) is 12.5. The topological polar surface area (TPSA) is 54.0 Å². The molecule has 0 radical (unpaired) electrons. The minimum absolute atomic E-state index is 0.0446. The molecule has 16 heavy (non-hydrogen) atoms. The molecule has 88 valence electrons. The molecule has 1 amide bonds. The molecular formula is C12H19N3O. The van der Waals surface area contributed by atoms with Crippen LogP contribution >= 0.6 is 0 Å². The van der Waals surface area contributed by atoms with E-state index in [1.54, 1.807) is 0 Å². The highest BCUT2D eigenvalue weighted by Gasteiger charge is 2.09. The van der Waals surface area contributed by atoms with Crippen LogP contribution in [-0.4, -0.2) is 17.4 Å². The van der Waals surface area contributed by atoms with Crippen LogP contribution in [-0.2, 0) is 4.79 Å². The maximum Gasteiger partial charge on any atom is 0.220 e. The minimum atomic E-state index is -0.0499. The van der Waals surface area contributed by atoms with Gasteiger partial charge in [0.05, 0.1) is 11.7 Å². The van der Waals surface area contributed by atoms with Crippen molar-refractivity contribution in [3.05, 3.63) is 23.9 Å². The zero-order chi connectivity index (χ0) is 12.0. The van der Waals surface area contributed by atoms with Crippen molar-refractivity contribution in [1.82, 2.24) is 10.3 Å². The molecule has 0 fully saturated rings. The molecule has 0 bridgehead atoms. The number of amides is 1. The quantitative estimate of drug-likeness (QED) is 0.800. The van der Waals surface area contributed by atoms with Crippen molar-refractivity contribution in [1.29, 1.82) is 0 Å². The van der Waals surface area contributed by atoms with Crippen molar-refractivity contribution in [3.63, 3.8) is 0 Å². The van der Waals surface area contributed by atoms with Gasteiger partial charge in [0, 0.05) is 13.0 Å². The highest BCUT2D eigenvalue weighted by atomic mass is 16.1. The molecule has 1 heterocycles. The number of rotatable bonds is 5. The standard InChI is InChI=1S/C12H19N3O/c1-4-12(16)14-9(3)10-7-6-8-11(15-10)13-5-2/h6-9H,4-5H2,1-3H3,(H,13,15)(H,14,16)/t9-/m1/s1. The molecule has 0 saturated heterocycles. The van der Waals surface area contributed by atoms with Crippen molar-refractivity contribution >= 4 is 11.7 Å². The second kappa shape index (κ2) is 6.10. The van der Waals surface area contributed by atoms with Crippen LogP contribution in [0.2, 0.25) is 0 Å². The van der Waals surface area contributed by atoms with E-state index in [2.05, 4.69) is 15.6 Å². The smallest absolute Gasteiger partial charge is 0.220 e. The Hall–Kier alpha value is -1.58. The van der Waals surface area contributed by atoms with Crippen LogP contribution in [0.15, 0.2) is 18.2 Å². The molecule has 0 spiro atoms. The lowest BCUT2D eigenvalue weighted by Crippen LogP contribution is -2.26. The number of nitrogens with one attached hydrogen (secondary N) is 2. The van der Waals surface area contributed by atoms with Crippen LogP contribution in [0.5, 0.6) is 0 Å². The van der Waals surface area contributed by atoms with Gasteiger partial charge in [0.15, 0.2) is 0 Å². The van der Waals surface area contributed by atoms with Crippen LogP contribution in [0.4, 0.5) is 5.82 Å². The molecule has 0 aliphatic heterocycles. The summed E-state index contributed by atoms with van der Waals surface area (Å²) in [5.41, 5.74) is 0.875. The first-order valence-electron chi connectivity index (χ1n) is 5.67. The summed E-state index contributed by atoms with van der Waals surface area (Å²) < 4.78 is 0. The fourth-order valence-electron chi connectivity index (χ4n) is 1.39. The number of aromatic nitrogens is 1. The molecule has 1 aromatic heterocycles. The lowest BCUT2D eigenvalue weighted by Gasteiger charge is -2.13. The van der Waals surface area contributed by atoms with Gasteiger partial charge in [-0.05, 0) is 26.0 Å². The molecular weight excluding hydrogens is 202 g/mol. The fourth-order valence-corrected chi connectivity index (χ4v) is 1.39. The number of anilines is 1. The molecule has 1 aromatic rings. The average molecular weight is 221 g/mol. The molecule has 4 nitrogen and oxygen atoms in total. The Labute approximate surface area is 96.5 Å². The van der Waals surface area contributed by atoms with Gasteiger partial charge < -0.3 is 10.6 Å². The zero-order valence-electron chi connectivity index (χ0n) is 10.1. The normalized spacial score (nSPS) is 11.9. The number of hydrogen-bond donors (Lipinski definition) is 2. The van der Waals surface area contributed by atoms with E-state index >= 15 is 0 Å². The van der Waals surface area contributed by atoms with E-state index in [9.17, 15) is 4.79 Å². The molecule has 1 atom stereocenters. The number of hydrogen-bond acceptors (Lipinski definition) is 3. The Kier molecular flexibility index (Phi) is 4.76. The number of carbonyl (C=O) groups excluding carboxylic acids is 1. The third-order valence-corrected chi connectivity index (χ3v) is 2.27. The lowest BCUT2D eigenvalue weighted by molar-refractivity contribution is -0.121. The van der Waals surface area contributed by atoms with Crippen molar-refractivity contribution in [2.45, 2.75) is 33.2 Å². The van der Waals surface area contributed by atoms with Gasteiger partial charge in [-0.15, -0.1) is 0 Å². The second-order valence-electron chi connectivity index (χ2n) is 3.62. The third kappa shape index (κ3) is 3.53. The Morgan fingerprint density at radius 2 is 2.19 bits per heavy atom. The molecule has 4 heteroatoms. The van der Waals surface area contributed by atoms with Crippen molar-refractivity contribution in [3.8, 4) is 0 Å². The van der Waals surface area contributed by atoms with E-state index in [-0.39, 0.29) is 11.9 Å². The summed E-state index contributed by atoms with van der Waals surface area (Å²) in [6, 6.07) is 5.73. The third-order valence-electron chi connectivity index (χ3n) is 2.27. The minimum Gasteiger partial charge on any atom is -0.370 e. The van der Waals surface area contributed by atoms with Crippen LogP contribution < -0.4 is 10.6 Å². The first-order chi connectivity index (χ1) is 7.67. The molecule has 1 rings (SSSR count). The van der Waals surface area contributed by atoms with Gasteiger partial charge in [0.25, 0.3) is 0 Å². The number of carbonyl (C=O) groups is 1. The maximum atomic E-state index is 11.3. The second-order valence-corrected chi connectivity index (χ2v) is 3.62. The Balaban J connectivity index is 2.71. The van der Waals surface area contributed by atoms with E-state index in [1.165, 1.54) is 0 Å². The molecule has 0 unspecified atom stereocenters. The van der Waals surface area contributed by atoms with Gasteiger partial charge in [0.2, 0.25) is 5.91 Å². The van der Waals surface area contributed by atoms with E-state index < -0.39 is 0 Å². The largest absolute Gasteiger partial charge is 0.370 e. The summed E-state index contributed by atoms with van der Waals surface area (Å²) in [5, 5.41) is 6.03. The van der Waals surface area contributed by atoms with Crippen LogP contribution in [0.25, 0.3) is 0 Å². The summed E-state index contributed by atoms with van der Waals surface area (Å²) in [6.07, 6.45) is 0.497. The summed E-state index contributed by atoms with van der Waals surface area (Å²) in [4.78, 5) is 15.7. The molecule has 0 aliphatic rings. The van der Waals surface area contributed by atoms with Crippen LogP contribution in [0, 0.1) is 0 Å². The predicted molar refractivity (Wildman–Crippen MR) is 65.2 cm³/mol. The van der Waals surface area contributed by atoms with Crippen LogP contribution in [0.3, 0.4) is 0 Å². The first-order valence-corrected chi connectivity index (χ1v) is 5.67. The van der Waals surface area contributed by atoms with E-state index in [0.717, 1.165) is 18.1 Å². The summed E-state index contributed by atoms with van der Waals surface area (Å²) in [6.45, 7) is 6.64. The van der Waals surface area contributed by atoms with Gasteiger partial charge in [-0.3, -0.25) is 4.79 Å². The van der Waals surface area contributed by atoms with Gasteiger partial charge in [-0.1, -0.05) is 13.0 Å². The predicted octanol–water partition coefficient (Wildman–Crippen LogP) is 2.10. The molecule has 2 N–H and O–H groups in total. The summed E-state index contributed by atoms with van der Waals surface area (Å²) in [7, 11) is 0. The highest BCUT2D eigenvalue weighted by Crippen LogP contribution is 2.12. The monoisotopic (exact) mass is 221 g/mol. The maximum absolute atomic E-state index is 11.3. The highest BCUT2D eigenvalue weighted by molar-refractivity contribution is 5.75. The molecule has 0 aliphatic carbocycles. The van der Waals surface area contributed by atoms with E-state index in [1.807, 2.05) is 39.0 Å².